The first-order valence-corrected chi connectivity index (χ1v) is 7.84. The molecule has 0 aromatic heterocycles. The van der Waals surface area contributed by atoms with Crippen molar-refractivity contribution in [3.63, 3.8) is 0 Å². The number of hydrogen-bond acceptors (Lipinski definition) is 2. The van der Waals surface area contributed by atoms with E-state index in [1.165, 1.54) is 0 Å². The van der Waals surface area contributed by atoms with Crippen molar-refractivity contribution in [3.05, 3.63) is 35.4 Å². The maximum Gasteiger partial charge on any atom is 0.317 e. The Morgan fingerprint density at radius 1 is 1.38 bits per heavy atom. The molecule has 1 aromatic rings. The Morgan fingerprint density at radius 2 is 2.05 bits per heavy atom. The summed E-state index contributed by atoms with van der Waals surface area (Å²) in [5.74, 6) is 0. The molecule has 0 aliphatic carbocycles. The van der Waals surface area contributed by atoms with Crippen molar-refractivity contribution in [1.29, 1.82) is 0 Å². The van der Waals surface area contributed by atoms with Gasteiger partial charge in [-0.1, -0.05) is 38.1 Å². The zero-order valence-electron chi connectivity index (χ0n) is 13.2. The minimum absolute atomic E-state index is 0.0618. The molecule has 21 heavy (non-hydrogen) atoms. The Kier molecular flexibility index (Phi) is 4.88. The number of hydrogen-bond donors (Lipinski definition) is 2. The predicted octanol–water partition coefficient (Wildman–Crippen LogP) is 2.79. The molecule has 1 saturated heterocycles. The lowest BCUT2D eigenvalue weighted by Crippen LogP contribution is -2.44. The number of rotatable bonds is 4. The minimum atomic E-state index is -0.920. The van der Waals surface area contributed by atoms with E-state index < -0.39 is 5.60 Å². The lowest BCUT2D eigenvalue weighted by Gasteiger charge is -2.26. The van der Waals surface area contributed by atoms with E-state index in [0.717, 1.165) is 24.0 Å². The summed E-state index contributed by atoms with van der Waals surface area (Å²) in [7, 11) is 0. The van der Waals surface area contributed by atoms with Gasteiger partial charge in [-0.3, -0.25) is 0 Å². The Morgan fingerprint density at radius 3 is 2.67 bits per heavy atom. The number of nitrogens with zero attached hydrogens (tertiary/aromatic N) is 1. The van der Waals surface area contributed by atoms with Gasteiger partial charge in [-0.25, -0.2) is 4.79 Å². The summed E-state index contributed by atoms with van der Waals surface area (Å²) in [6, 6.07) is 8.01. The third-order valence-electron chi connectivity index (χ3n) is 4.49. The maximum atomic E-state index is 12.3. The maximum absolute atomic E-state index is 12.3. The van der Waals surface area contributed by atoms with Crippen molar-refractivity contribution in [1.82, 2.24) is 10.2 Å². The topological polar surface area (TPSA) is 52.6 Å². The molecular formula is C17H26N2O2. The lowest BCUT2D eigenvalue weighted by molar-refractivity contribution is 0.0486. The van der Waals surface area contributed by atoms with Crippen LogP contribution in [0.15, 0.2) is 24.3 Å². The molecule has 1 heterocycles. The van der Waals surface area contributed by atoms with Crippen LogP contribution in [-0.4, -0.2) is 35.2 Å². The molecule has 0 radical (unpaired) electrons. The van der Waals surface area contributed by atoms with Gasteiger partial charge >= 0.3 is 6.03 Å². The molecule has 1 atom stereocenters. The van der Waals surface area contributed by atoms with E-state index in [0.29, 0.717) is 19.5 Å². The van der Waals surface area contributed by atoms with Crippen molar-refractivity contribution in [2.45, 2.75) is 51.7 Å². The average Bonchev–Trinajstić information content (AvgIpc) is 2.88. The highest BCUT2D eigenvalue weighted by molar-refractivity contribution is 5.75. The van der Waals surface area contributed by atoms with Crippen LogP contribution in [0, 0.1) is 6.92 Å². The number of carbonyl (C=O) groups excluding carboxylic acids is 1. The van der Waals surface area contributed by atoms with Crippen LogP contribution in [-0.2, 0) is 5.60 Å². The zero-order chi connectivity index (χ0) is 15.5. The van der Waals surface area contributed by atoms with Crippen LogP contribution in [0.1, 0.15) is 44.2 Å². The molecule has 1 aromatic carbocycles. The smallest absolute Gasteiger partial charge is 0.317 e. The molecule has 2 N–H and O–H groups in total. The van der Waals surface area contributed by atoms with Crippen LogP contribution < -0.4 is 5.32 Å². The van der Waals surface area contributed by atoms with Crippen LogP contribution in [0.3, 0.4) is 0 Å². The molecule has 1 aliphatic heterocycles. The normalized spacial score (nSPS) is 21.9. The highest BCUT2D eigenvalue weighted by Crippen LogP contribution is 2.33. The van der Waals surface area contributed by atoms with E-state index in [2.05, 4.69) is 19.2 Å². The molecule has 1 fully saturated rings. The van der Waals surface area contributed by atoms with Crippen LogP contribution in [0.4, 0.5) is 4.79 Å². The second-order valence-corrected chi connectivity index (χ2v) is 5.98. The third kappa shape index (κ3) is 3.38. The van der Waals surface area contributed by atoms with Crippen molar-refractivity contribution >= 4 is 6.03 Å². The van der Waals surface area contributed by atoms with E-state index >= 15 is 0 Å². The number of aliphatic hydroxyl groups is 1. The van der Waals surface area contributed by atoms with Gasteiger partial charge in [-0.2, -0.15) is 0 Å². The van der Waals surface area contributed by atoms with Crippen molar-refractivity contribution < 1.29 is 9.90 Å². The van der Waals surface area contributed by atoms with E-state index in [9.17, 15) is 9.90 Å². The largest absolute Gasteiger partial charge is 0.383 e. The van der Waals surface area contributed by atoms with E-state index in [1.807, 2.05) is 31.2 Å². The molecule has 0 spiro atoms. The molecule has 1 unspecified atom stereocenters. The van der Waals surface area contributed by atoms with Crippen LogP contribution in [0.25, 0.3) is 0 Å². The highest BCUT2D eigenvalue weighted by atomic mass is 16.3. The summed E-state index contributed by atoms with van der Waals surface area (Å²) in [4.78, 5) is 14.0. The Balaban J connectivity index is 2.06. The SMILES string of the molecule is CCC(CC)NC(=O)N1CCC(O)(c2ccccc2C)C1. The predicted molar refractivity (Wildman–Crippen MR) is 84.2 cm³/mol. The van der Waals surface area contributed by atoms with Gasteiger partial charge in [0.1, 0.15) is 5.60 Å². The van der Waals surface area contributed by atoms with Crippen molar-refractivity contribution in [3.8, 4) is 0 Å². The van der Waals surface area contributed by atoms with Crippen molar-refractivity contribution in [2.24, 2.45) is 0 Å². The Labute approximate surface area is 127 Å². The number of carbonyl (C=O) groups is 1. The average molecular weight is 290 g/mol. The fourth-order valence-corrected chi connectivity index (χ4v) is 3.04. The van der Waals surface area contributed by atoms with Crippen LogP contribution in [0.2, 0.25) is 0 Å². The standard InChI is InChI=1S/C17H26N2O2/c1-4-14(5-2)18-16(20)19-11-10-17(21,12-19)15-9-7-6-8-13(15)3/h6-9,14,21H,4-5,10-12H2,1-3H3,(H,18,20). The molecule has 2 amide bonds. The van der Waals surface area contributed by atoms with Gasteiger partial charge in [0.25, 0.3) is 0 Å². The van der Waals surface area contributed by atoms with Gasteiger partial charge in [-0.15, -0.1) is 0 Å². The fraction of sp³-hybridized carbons (Fsp3) is 0.588. The minimum Gasteiger partial charge on any atom is -0.383 e. The molecule has 116 valence electrons. The summed E-state index contributed by atoms with van der Waals surface area (Å²) in [5, 5.41) is 13.9. The summed E-state index contributed by atoms with van der Waals surface area (Å²) in [6.45, 7) is 7.10. The summed E-state index contributed by atoms with van der Waals surface area (Å²) >= 11 is 0. The first kappa shape index (κ1) is 15.8. The second kappa shape index (κ2) is 6.48. The monoisotopic (exact) mass is 290 g/mol. The first-order valence-electron chi connectivity index (χ1n) is 7.84. The van der Waals surface area contributed by atoms with Gasteiger partial charge in [0, 0.05) is 12.6 Å². The second-order valence-electron chi connectivity index (χ2n) is 5.98. The summed E-state index contributed by atoms with van der Waals surface area (Å²) in [6.07, 6.45) is 2.45. The lowest BCUT2D eigenvalue weighted by atomic mass is 9.89. The van der Waals surface area contributed by atoms with Gasteiger partial charge in [0.15, 0.2) is 0 Å². The molecule has 0 saturated carbocycles. The highest BCUT2D eigenvalue weighted by Gasteiger charge is 2.40. The van der Waals surface area contributed by atoms with E-state index in [-0.39, 0.29) is 12.1 Å². The number of amides is 2. The molecule has 2 rings (SSSR count). The number of benzene rings is 1. The van der Waals surface area contributed by atoms with Gasteiger partial charge in [0.05, 0.1) is 6.54 Å². The molecule has 1 aliphatic rings. The number of aryl methyl sites for hydroxylation is 1. The number of urea groups is 1. The molecular weight excluding hydrogens is 264 g/mol. The van der Waals surface area contributed by atoms with Gasteiger partial charge in [0.2, 0.25) is 0 Å². The summed E-state index contributed by atoms with van der Waals surface area (Å²) in [5.41, 5.74) is 1.08. The van der Waals surface area contributed by atoms with E-state index in [4.69, 9.17) is 0 Å². The summed E-state index contributed by atoms with van der Waals surface area (Å²) < 4.78 is 0. The fourth-order valence-electron chi connectivity index (χ4n) is 3.04. The van der Waals surface area contributed by atoms with Crippen LogP contribution >= 0.6 is 0 Å². The van der Waals surface area contributed by atoms with Gasteiger partial charge in [-0.05, 0) is 37.3 Å². The molecule has 4 heteroatoms. The first-order chi connectivity index (χ1) is 10.00. The number of nitrogens with one attached hydrogen (secondary N) is 1. The van der Waals surface area contributed by atoms with Crippen molar-refractivity contribution in [2.75, 3.05) is 13.1 Å². The quantitative estimate of drug-likeness (QED) is 0.896. The Bertz CT molecular complexity index is 499. The Hall–Kier alpha value is -1.55. The van der Waals surface area contributed by atoms with E-state index in [1.54, 1.807) is 4.90 Å². The molecule has 0 bridgehead atoms. The van der Waals surface area contributed by atoms with Crippen LogP contribution in [0.5, 0.6) is 0 Å². The third-order valence-corrected chi connectivity index (χ3v) is 4.49. The van der Waals surface area contributed by atoms with Gasteiger partial charge < -0.3 is 15.3 Å². The number of β-amino-alcohol motifs (C(OH)–C–C–N with tert-alkyl or cyclic N) is 1. The number of likely N-dealkylation sites (tertiary alicyclic amines) is 1. The zero-order valence-corrected chi connectivity index (χ0v) is 13.2. The molecule has 4 nitrogen and oxygen atoms in total.